The Kier molecular flexibility index (Phi) is 4.89. The number of aryl methyl sites for hydroxylation is 1. The molecule has 0 unspecified atom stereocenters. The van der Waals surface area contributed by atoms with Crippen molar-refractivity contribution >= 4 is 9.84 Å². The van der Waals surface area contributed by atoms with Crippen LogP contribution in [0.2, 0.25) is 0 Å². The van der Waals surface area contributed by atoms with Crippen molar-refractivity contribution in [2.45, 2.75) is 19.9 Å². The Labute approximate surface area is 97.0 Å². The smallest absolute Gasteiger partial charge is 0.147 e. The number of hydrogen-bond acceptors (Lipinski definition) is 4. The quantitative estimate of drug-likeness (QED) is 0.753. The van der Waals surface area contributed by atoms with Gasteiger partial charge in [-0.2, -0.15) is 0 Å². The molecule has 1 heterocycles. The van der Waals surface area contributed by atoms with Gasteiger partial charge in [0.2, 0.25) is 0 Å². The molecule has 0 atom stereocenters. The molecule has 0 amide bonds. The molecule has 0 aliphatic rings. The van der Waals surface area contributed by atoms with E-state index in [0.717, 1.165) is 17.8 Å². The van der Waals surface area contributed by atoms with Crippen LogP contribution in [0.4, 0.5) is 0 Å². The van der Waals surface area contributed by atoms with Gasteiger partial charge in [-0.25, -0.2) is 8.42 Å². The van der Waals surface area contributed by atoms with Crippen LogP contribution < -0.4 is 5.32 Å². The summed E-state index contributed by atoms with van der Waals surface area (Å²) in [6.07, 6.45) is 3.74. The highest BCUT2D eigenvalue weighted by Crippen LogP contribution is 1.98. The summed E-state index contributed by atoms with van der Waals surface area (Å²) in [6, 6.07) is 3.99. The number of nitrogens with zero attached hydrogens (tertiary/aromatic N) is 1. The molecule has 1 rings (SSSR count). The van der Waals surface area contributed by atoms with E-state index in [9.17, 15) is 8.42 Å². The summed E-state index contributed by atoms with van der Waals surface area (Å²) < 4.78 is 21.7. The molecule has 0 fully saturated rings. The molecule has 0 radical (unpaired) electrons. The Balaban J connectivity index is 2.19. The summed E-state index contributed by atoms with van der Waals surface area (Å²) in [5.41, 5.74) is 2.12. The zero-order chi connectivity index (χ0) is 12.0. The van der Waals surface area contributed by atoms with Crippen molar-refractivity contribution in [1.29, 1.82) is 0 Å². The molecular weight excluding hydrogens is 224 g/mol. The van der Waals surface area contributed by atoms with Crippen molar-refractivity contribution in [3.63, 3.8) is 0 Å². The largest absolute Gasteiger partial charge is 0.313 e. The van der Waals surface area contributed by atoms with E-state index >= 15 is 0 Å². The van der Waals surface area contributed by atoms with Crippen LogP contribution in [-0.4, -0.2) is 32.0 Å². The van der Waals surface area contributed by atoms with Gasteiger partial charge >= 0.3 is 0 Å². The molecule has 0 saturated carbocycles. The van der Waals surface area contributed by atoms with Gasteiger partial charge in [0.05, 0.1) is 5.75 Å². The van der Waals surface area contributed by atoms with E-state index in [1.165, 1.54) is 6.26 Å². The molecule has 16 heavy (non-hydrogen) atoms. The fourth-order valence-electron chi connectivity index (χ4n) is 1.30. The second-order valence-electron chi connectivity index (χ2n) is 3.97. The lowest BCUT2D eigenvalue weighted by atomic mass is 10.2. The third kappa shape index (κ3) is 5.82. The lowest BCUT2D eigenvalue weighted by Crippen LogP contribution is -2.17. The van der Waals surface area contributed by atoms with Gasteiger partial charge in [-0.15, -0.1) is 0 Å². The van der Waals surface area contributed by atoms with E-state index in [1.807, 2.05) is 25.3 Å². The lowest BCUT2D eigenvalue weighted by molar-refractivity contribution is 0.594. The summed E-state index contributed by atoms with van der Waals surface area (Å²) in [5, 5.41) is 3.19. The molecule has 90 valence electrons. The van der Waals surface area contributed by atoms with E-state index in [-0.39, 0.29) is 5.75 Å². The van der Waals surface area contributed by atoms with Crippen LogP contribution in [0.1, 0.15) is 17.7 Å². The topological polar surface area (TPSA) is 59.1 Å². The van der Waals surface area contributed by atoms with Crippen molar-refractivity contribution in [2.75, 3.05) is 18.6 Å². The molecule has 5 heteroatoms. The predicted molar refractivity (Wildman–Crippen MR) is 65.0 cm³/mol. The average Bonchev–Trinajstić information content (AvgIpc) is 2.19. The van der Waals surface area contributed by atoms with Crippen LogP contribution >= 0.6 is 0 Å². The van der Waals surface area contributed by atoms with E-state index in [0.29, 0.717) is 13.0 Å². The van der Waals surface area contributed by atoms with E-state index in [2.05, 4.69) is 10.3 Å². The minimum absolute atomic E-state index is 0.242. The van der Waals surface area contributed by atoms with Gasteiger partial charge in [0.15, 0.2) is 0 Å². The minimum Gasteiger partial charge on any atom is -0.313 e. The molecule has 4 nitrogen and oxygen atoms in total. The average molecular weight is 242 g/mol. The number of nitrogens with one attached hydrogen (secondary N) is 1. The van der Waals surface area contributed by atoms with Crippen molar-refractivity contribution < 1.29 is 8.42 Å². The Hall–Kier alpha value is -0.940. The minimum atomic E-state index is -2.83. The van der Waals surface area contributed by atoms with E-state index < -0.39 is 9.84 Å². The maximum Gasteiger partial charge on any atom is 0.147 e. The number of sulfone groups is 1. The molecule has 1 N–H and O–H groups in total. The van der Waals surface area contributed by atoms with Crippen LogP contribution in [-0.2, 0) is 16.4 Å². The molecule has 0 aliphatic heterocycles. The zero-order valence-corrected chi connectivity index (χ0v) is 10.5. The molecule has 0 aromatic carbocycles. The number of hydrogen-bond donors (Lipinski definition) is 1. The highest BCUT2D eigenvalue weighted by molar-refractivity contribution is 7.90. The first-order chi connectivity index (χ1) is 7.47. The van der Waals surface area contributed by atoms with E-state index in [1.54, 1.807) is 0 Å². The van der Waals surface area contributed by atoms with Gasteiger partial charge in [0, 0.05) is 24.7 Å². The van der Waals surface area contributed by atoms with Crippen molar-refractivity contribution in [2.24, 2.45) is 0 Å². The van der Waals surface area contributed by atoms with Crippen LogP contribution in [0.15, 0.2) is 18.3 Å². The van der Waals surface area contributed by atoms with Crippen LogP contribution in [0.3, 0.4) is 0 Å². The second kappa shape index (κ2) is 5.96. The third-order valence-corrected chi connectivity index (χ3v) is 3.20. The zero-order valence-electron chi connectivity index (χ0n) is 9.73. The van der Waals surface area contributed by atoms with Gasteiger partial charge in [-0.3, -0.25) is 4.98 Å². The standard InChI is InChI=1S/C11H18N2O2S/c1-10-4-5-11(9-13-10)8-12-6-3-7-16(2,14)15/h4-5,9,12H,3,6-8H2,1-2H3. The molecule has 1 aromatic rings. The Morgan fingerprint density at radius 2 is 2.12 bits per heavy atom. The highest BCUT2D eigenvalue weighted by atomic mass is 32.2. The van der Waals surface area contributed by atoms with Crippen LogP contribution in [0.25, 0.3) is 0 Å². The van der Waals surface area contributed by atoms with Gasteiger partial charge in [0.1, 0.15) is 9.84 Å². The van der Waals surface area contributed by atoms with Crippen molar-refractivity contribution in [1.82, 2.24) is 10.3 Å². The van der Waals surface area contributed by atoms with Crippen molar-refractivity contribution in [3.8, 4) is 0 Å². The van der Waals surface area contributed by atoms with Crippen LogP contribution in [0, 0.1) is 6.92 Å². The van der Waals surface area contributed by atoms with Gasteiger partial charge in [-0.1, -0.05) is 6.07 Å². The summed E-state index contributed by atoms with van der Waals surface area (Å²) in [4.78, 5) is 4.18. The van der Waals surface area contributed by atoms with Crippen molar-refractivity contribution in [3.05, 3.63) is 29.6 Å². The highest BCUT2D eigenvalue weighted by Gasteiger charge is 2.00. The summed E-state index contributed by atoms with van der Waals surface area (Å²) in [5.74, 6) is 0.242. The normalized spacial score (nSPS) is 11.6. The summed E-state index contributed by atoms with van der Waals surface area (Å²) in [6.45, 7) is 3.39. The molecule has 0 aliphatic carbocycles. The number of rotatable bonds is 6. The van der Waals surface area contributed by atoms with Crippen LogP contribution in [0.5, 0.6) is 0 Å². The monoisotopic (exact) mass is 242 g/mol. The fraction of sp³-hybridized carbons (Fsp3) is 0.545. The summed E-state index contributed by atoms with van der Waals surface area (Å²) >= 11 is 0. The lowest BCUT2D eigenvalue weighted by Gasteiger charge is -2.04. The Bertz CT molecular complexity index is 412. The Morgan fingerprint density at radius 3 is 2.69 bits per heavy atom. The summed E-state index contributed by atoms with van der Waals surface area (Å²) in [7, 11) is -2.83. The SMILES string of the molecule is Cc1ccc(CNCCCS(C)(=O)=O)cn1. The van der Waals surface area contributed by atoms with Gasteiger partial charge < -0.3 is 5.32 Å². The first kappa shape index (κ1) is 13.1. The second-order valence-corrected chi connectivity index (χ2v) is 6.23. The maximum atomic E-state index is 10.9. The fourth-order valence-corrected chi connectivity index (χ4v) is 1.96. The number of aromatic nitrogens is 1. The molecular formula is C11H18N2O2S. The van der Waals surface area contributed by atoms with E-state index in [4.69, 9.17) is 0 Å². The first-order valence-electron chi connectivity index (χ1n) is 5.27. The molecule has 0 bridgehead atoms. The first-order valence-corrected chi connectivity index (χ1v) is 7.33. The van der Waals surface area contributed by atoms with Gasteiger partial charge in [-0.05, 0) is 31.5 Å². The molecule has 0 saturated heterocycles. The third-order valence-electron chi connectivity index (χ3n) is 2.17. The predicted octanol–water partition coefficient (Wildman–Crippen LogP) is 0.914. The Morgan fingerprint density at radius 1 is 1.38 bits per heavy atom. The molecule has 0 spiro atoms. The van der Waals surface area contributed by atoms with Gasteiger partial charge in [0.25, 0.3) is 0 Å². The number of pyridine rings is 1. The maximum absolute atomic E-state index is 10.9. The molecule has 1 aromatic heterocycles.